The van der Waals surface area contributed by atoms with Gasteiger partial charge >= 0.3 is 0 Å². The predicted molar refractivity (Wildman–Crippen MR) is 100 cm³/mol. The number of nitrogens with one attached hydrogen (secondary N) is 2. The Morgan fingerprint density at radius 2 is 1.92 bits per heavy atom. The fraction of sp³-hybridized carbons (Fsp3) is 0.263. The largest absolute Gasteiger partial charge is 0.346 e. The molecule has 0 aliphatic carbocycles. The van der Waals surface area contributed by atoms with Crippen LogP contribution >= 0.6 is 11.8 Å². The summed E-state index contributed by atoms with van der Waals surface area (Å²) in [5.41, 5.74) is 3.08. The summed E-state index contributed by atoms with van der Waals surface area (Å²) in [6.45, 7) is 0. The molecule has 1 heterocycles. The van der Waals surface area contributed by atoms with Crippen LogP contribution in [0.1, 0.15) is 23.9 Å². The maximum Gasteiger partial charge on any atom is 0.221 e. The molecular weight excluding hydrogens is 318 g/mol. The molecule has 124 valence electrons. The number of imidazole rings is 1. The summed E-state index contributed by atoms with van der Waals surface area (Å²) < 4.78 is 0. The Balaban J connectivity index is 1.84. The molecule has 4 nitrogen and oxygen atoms in total. The van der Waals surface area contributed by atoms with Crippen LogP contribution in [0.2, 0.25) is 0 Å². The number of hydrogen-bond acceptors (Lipinski definition) is 3. The van der Waals surface area contributed by atoms with Crippen LogP contribution in [0.5, 0.6) is 0 Å². The maximum absolute atomic E-state index is 12.2. The minimum absolute atomic E-state index is 0.0609. The zero-order valence-corrected chi connectivity index (χ0v) is 14.5. The number of thioether (sulfide) groups is 1. The van der Waals surface area contributed by atoms with Crippen molar-refractivity contribution >= 4 is 28.7 Å². The van der Waals surface area contributed by atoms with Crippen molar-refractivity contribution in [1.82, 2.24) is 15.3 Å². The Kier molecular flexibility index (Phi) is 5.54. The van der Waals surface area contributed by atoms with E-state index < -0.39 is 0 Å². The first-order valence-electron chi connectivity index (χ1n) is 8.03. The lowest BCUT2D eigenvalue weighted by Gasteiger charge is -2.17. The summed E-state index contributed by atoms with van der Waals surface area (Å²) in [5, 5.41) is 3.13. The molecule has 0 aliphatic heterocycles. The molecule has 0 radical (unpaired) electrons. The van der Waals surface area contributed by atoms with Gasteiger partial charge in [0.2, 0.25) is 5.91 Å². The summed E-state index contributed by atoms with van der Waals surface area (Å²) in [4.78, 5) is 20.2. The van der Waals surface area contributed by atoms with E-state index in [0.29, 0.717) is 12.8 Å². The molecule has 0 saturated carbocycles. The SMILES string of the molecule is CSCCC(=O)NC(Cc1ccccc1)c1nc2ccccc2[nH]1. The van der Waals surface area contributed by atoms with E-state index in [0.717, 1.165) is 22.6 Å². The first-order valence-corrected chi connectivity index (χ1v) is 9.42. The molecule has 3 aromatic rings. The maximum atomic E-state index is 12.2. The van der Waals surface area contributed by atoms with E-state index in [-0.39, 0.29) is 11.9 Å². The van der Waals surface area contributed by atoms with Crippen LogP contribution in [0.3, 0.4) is 0 Å². The molecule has 1 aromatic heterocycles. The second-order valence-corrected chi connectivity index (χ2v) is 6.68. The third kappa shape index (κ3) is 4.17. The Labute approximate surface area is 146 Å². The van der Waals surface area contributed by atoms with Crippen molar-refractivity contribution in [2.24, 2.45) is 0 Å². The molecule has 1 atom stereocenters. The van der Waals surface area contributed by atoms with Gasteiger partial charge < -0.3 is 10.3 Å². The van der Waals surface area contributed by atoms with Gasteiger partial charge in [0.05, 0.1) is 17.1 Å². The van der Waals surface area contributed by atoms with Crippen molar-refractivity contribution in [1.29, 1.82) is 0 Å². The van der Waals surface area contributed by atoms with Gasteiger partial charge in [0, 0.05) is 12.2 Å². The molecule has 0 fully saturated rings. The molecule has 1 unspecified atom stereocenters. The minimum atomic E-state index is -0.158. The molecule has 0 bridgehead atoms. The van der Waals surface area contributed by atoms with Gasteiger partial charge in [-0.1, -0.05) is 42.5 Å². The van der Waals surface area contributed by atoms with Crippen LogP contribution in [-0.4, -0.2) is 27.9 Å². The summed E-state index contributed by atoms with van der Waals surface area (Å²) in [6.07, 6.45) is 3.24. The van der Waals surface area contributed by atoms with E-state index in [1.165, 1.54) is 5.56 Å². The monoisotopic (exact) mass is 339 g/mol. The summed E-state index contributed by atoms with van der Waals surface area (Å²) in [6, 6.07) is 17.9. The molecule has 3 rings (SSSR count). The highest BCUT2D eigenvalue weighted by Gasteiger charge is 2.18. The van der Waals surface area contributed by atoms with Crippen molar-refractivity contribution in [3.63, 3.8) is 0 Å². The van der Waals surface area contributed by atoms with Gasteiger partial charge in [-0.05, 0) is 30.4 Å². The Bertz CT molecular complexity index is 767. The van der Waals surface area contributed by atoms with Crippen LogP contribution in [0, 0.1) is 0 Å². The van der Waals surface area contributed by atoms with Gasteiger partial charge in [-0.15, -0.1) is 0 Å². The third-order valence-electron chi connectivity index (χ3n) is 3.89. The topological polar surface area (TPSA) is 57.8 Å². The number of hydrogen-bond donors (Lipinski definition) is 2. The van der Waals surface area contributed by atoms with Crippen molar-refractivity contribution < 1.29 is 4.79 Å². The summed E-state index contributed by atoms with van der Waals surface area (Å²) in [5.74, 6) is 1.69. The van der Waals surface area contributed by atoms with E-state index in [2.05, 4.69) is 27.4 Å². The molecular formula is C19H21N3OS. The van der Waals surface area contributed by atoms with Gasteiger partial charge in [-0.2, -0.15) is 11.8 Å². The molecule has 0 spiro atoms. The number of H-pyrrole nitrogens is 1. The highest BCUT2D eigenvalue weighted by atomic mass is 32.2. The fourth-order valence-corrected chi connectivity index (χ4v) is 3.05. The Hall–Kier alpha value is -2.27. The van der Waals surface area contributed by atoms with Crippen molar-refractivity contribution in [2.75, 3.05) is 12.0 Å². The Morgan fingerprint density at radius 1 is 1.17 bits per heavy atom. The number of fused-ring (bicyclic) bond motifs is 1. The van der Waals surface area contributed by atoms with E-state index in [4.69, 9.17) is 0 Å². The van der Waals surface area contributed by atoms with Crippen LogP contribution in [0.25, 0.3) is 11.0 Å². The number of rotatable bonds is 7. The second-order valence-electron chi connectivity index (χ2n) is 5.69. The number of aromatic nitrogens is 2. The molecule has 0 saturated heterocycles. The lowest BCUT2D eigenvalue weighted by molar-refractivity contribution is -0.121. The van der Waals surface area contributed by atoms with E-state index in [1.54, 1.807) is 11.8 Å². The zero-order chi connectivity index (χ0) is 16.8. The summed E-state index contributed by atoms with van der Waals surface area (Å²) in [7, 11) is 0. The fourth-order valence-electron chi connectivity index (χ4n) is 2.66. The molecule has 1 amide bonds. The third-order valence-corrected chi connectivity index (χ3v) is 4.50. The molecule has 2 N–H and O–H groups in total. The smallest absolute Gasteiger partial charge is 0.221 e. The normalized spacial score (nSPS) is 12.2. The minimum Gasteiger partial charge on any atom is -0.346 e. The number of nitrogens with zero attached hydrogens (tertiary/aromatic N) is 1. The van der Waals surface area contributed by atoms with Crippen LogP contribution < -0.4 is 5.32 Å². The lowest BCUT2D eigenvalue weighted by Crippen LogP contribution is -2.31. The number of amides is 1. The molecule has 24 heavy (non-hydrogen) atoms. The zero-order valence-electron chi connectivity index (χ0n) is 13.7. The first-order chi connectivity index (χ1) is 11.8. The quantitative estimate of drug-likeness (QED) is 0.690. The molecule has 0 aliphatic rings. The van der Waals surface area contributed by atoms with Gasteiger partial charge in [-0.25, -0.2) is 4.98 Å². The van der Waals surface area contributed by atoms with Crippen molar-refractivity contribution in [3.8, 4) is 0 Å². The van der Waals surface area contributed by atoms with Gasteiger partial charge in [0.15, 0.2) is 0 Å². The summed E-state index contributed by atoms with van der Waals surface area (Å²) >= 11 is 1.68. The number of para-hydroxylation sites is 2. The van der Waals surface area contributed by atoms with Crippen LogP contribution in [-0.2, 0) is 11.2 Å². The van der Waals surface area contributed by atoms with E-state index in [1.807, 2.05) is 48.7 Å². The average molecular weight is 339 g/mol. The number of benzene rings is 2. The second kappa shape index (κ2) is 8.02. The highest BCUT2D eigenvalue weighted by Crippen LogP contribution is 2.20. The highest BCUT2D eigenvalue weighted by molar-refractivity contribution is 7.98. The Morgan fingerprint density at radius 3 is 2.67 bits per heavy atom. The van der Waals surface area contributed by atoms with Crippen LogP contribution in [0.4, 0.5) is 0 Å². The van der Waals surface area contributed by atoms with Gasteiger partial charge in [0.25, 0.3) is 0 Å². The number of carbonyl (C=O) groups excluding carboxylic acids is 1. The van der Waals surface area contributed by atoms with Crippen molar-refractivity contribution in [2.45, 2.75) is 18.9 Å². The predicted octanol–water partition coefficient (Wildman–Crippen LogP) is 3.72. The lowest BCUT2D eigenvalue weighted by atomic mass is 10.1. The van der Waals surface area contributed by atoms with Gasteiger partial charge in [-0.3, -0.25) is 4.79 Å². The van der Waals surface area contributed by atoms with Crippen molar-refractivity contribution in [3.05, 3.63) is 66.0 Å². The van der Waals surface area contributed by atoms with Gasteiger partial charge in [0.1, 0.15) is 5.82 Å². The molecule has 2 aromatic carbocycles. The average Bonchev–Trinajstić information content (AvgIpc) is 3.04. The molecule has 5 heteroatoms. The van der Waals surface area contributed by atoms with E-state index >= 15 is 0 Å². The first kappa shape index (κ1) is 16.6. The number of aromatic amines is 1. The van der Waals surface area contributed by atoms with Crippen LogP contribution in [0.15, 0.2) is 54.6 Å². The van der Waals surface area contributed by atoms with E-state index in [9.17, 15) is 4.79 Å². The standard InChI is InChI=1S/C19H21N3OS/c1-24-12-11-18(23)20-17(13-14-7-3-2-4-8-14)19-21-15-9-5-6-10-16(15)22-19/h2-10,17H,11-13H2,1H3,(H,20,23)(H,21,22). The number of carbonyl (C=O) groups is 1.